The molecule has 4 saturated heterocycles. The summed E-state index contributed by atoms with van der Waals surface area (Å²) in [5, 5.41) is 0. The minimum Gasteiger partial charge on any atom is -0.454 e. The van der Waals surface area contributed by atoms with Gasteiger partial charge >= 0.3 is 0 Å². The molecule has 0 N–H and O–H groups in total. The van der Waals surface area contributed by atoms with Crippen LogP contribution in [-0.2, 0) is 13.6 Å². The van der Waals surface area contributed by atoms with Crippen LogP contribution < -0.4 is 9.47 Å². The quantitative estimate of drug-likeness (QED) is 0.833. The third kappa shape index (κ3) is 2.43. The summed E-state index contributed by atoms with van der Waals surface area (Å²) in [6.45, 7) is 4.95. The zero-order chi connectivity index (χ0) is 18.0. The molecule has 27 heavy (non-hydrogen) atoms. The fourth-order valence-electron chi connectivity index (χ4n) is 5.90. The van der Waals surface area contributed by atoms with Gasteiger partial charge in [0.15, 0.2) is 11.5 Å². The Labute approximate surface area is 159 Å². The van der Waals surface area contributed by atoms with Crippen molar-refractivity contribution < 1.29 is 9.47 Å². The molecule has 2 aromatic rings. The van der Waals surface area contributed by atoms with E-state index in [1.807, 2.05) is 12.5 Å². The molecule has 0 unspecified atom stereocenters. The molecule has 2 bridgehead atoms. The van der Waals surface area contributed by atoms with Crippen molar-refractivity contribution in [3.63, 3.8) is 0 Å². The van der Waals surface area contributed by atoms with Crippen LogP contribution in [-0.4, -0.2) is 57.9 Å². The van der Waals surface area contributed by atoms with Gasteiger partial charge in [-0.3, -0.25) is 9.80 Å². The summed E-state index contributed by atoms with van der Waals surface area (Å²) < 4.78 is 13.3. The van der Waals surface area contributed by atoms with E-state index >= 15 is 0 Å². The summed E-state index contributed by atoms with van der Waals surface area (Å²) in [7, 11) is 2.10. The number of aromatic nitrogens is 2. The summed E-state index contributed by atoms with van der Waals surface area (Å²) in [5.41, 5.74) is 2.70. The lowest BCUT2D eigenvalue weighted by Crippen LogP contribution is -2.60. The van der Waals surface area contributed by atoms with Crippen molar-refractivity contribution in [3.05, 3.63) is 42.0 Å². The highest BCUT2D eigenvalue weighted by Crippen LogP contribution is 2.48. The van der Waals surface area contributed by atoms with Gasteiger partial charge in [-0.25, -0.2) is 4.98 Å². The zero-order valence-corrected chi connectivity index (χ0v) is 15.8. The molecular formula is C21H26N4O2. The van der Waals surface area contributed by atoms with Crippen LogP contribution in [0.1, 0.15) is 30.0 Å². The third-order valence-corrected chi connectivity index (χ3v) is 7.20. The molecule has 5 aliphatic heterocycles. The van der Waals surface area contributed by atoms with Crippen LogP contribution >= 0.6 is 0 Å². The first-order valence-electron chi connectivity index (χ1n) is 10.1. The normalized spacial score (nSPS) is 34.2. The van der Waals surface area contributed by atoms with Gasteiger partial charge in [0.25, 0.3) is 0 Å². The molecule has 6 nitrogen and oxygen atoms in total. The Hall–Kier alpha value is -2.05. The minimum absolute atomic E-state index is 0.344. The standard InChI is InChI=1S/C21H26N4O2/c1-23-12-22-9-16(23)10-25-11-17(15-2-3-18-19(8-15)27-13-26-18)21-20(25)14-4-6-24(21)7-5-14/h2-3,8-9,12,14,17,20-21H,4-7,10-11,13H2,1H3/t17-,20+,21+/m1/s1. The van der Waals surface area contributed by atoms with Crippen molar-refractivity contribution in [2.45, 2.75) is 37.4 Å². The topological polar surface area (TPSA) is 42.8 Å². The van der Waals surface area contributed by atoms with Crippen molar-refractivity contribution in [3.8, 4) is 11.5 Å². The average molecular weight is 366 g/mol. The fraction of sp³-hybridized carbons (Fsp3) is 0.571. The average Bonchev–Trinajstić information content (AvgIpc) is 3.42. The van der Waals surface area contributed by atoms with E-state index in [9.17, 15) is 0 Å². The lowest BCUT2D eigenvalue weighted by Gasteiger charge is -2.51. The molecular weight excluding hydrogens is 340 g/mol. The van der Waals surface area contributed by atoms with E-state index in [1.54, 1.807) is 0 Å². The summed E-state index contributed by atoms with van der Waals surface area (Å²) in [4.78, 5) is 9.81. The Morgan fingerprint density at radius 3 is 2.78 bits per heavy atom. The Bertz CT molecular complexity index is 858. The maximum absolute atomic E-state index is 5.66. The number of imidazole rings is 1. The second-order valence-corrected chi connectivity index (χ2v) is 8.50. The van der Waals surface area contributed by atoms with Crippen LogP contribution in [0.4, 0.5) is 0 Å². The minimum atomic E-state index is 0.344. The molecule has 7 rings (SSSR count). The lowest BCUT2D eigenvalue weighted by atomic mass is 9.75. The summed E-state index contributed by atoms with van der Waals surface area (Å²) in [5.74, 6) is 3.14. The number of ether oxygens (including phenoxy) is 2. The van der Waals surface area contributed by atoms with E-state index in [2.05, 4.69) is 44.6 Å². The van der Waals surface area contributed by atoms with Crippen LogP contribution in [0.25, 0.3) is 0 Å². The Morgan fingerprint density at radius 1 is 1.11 bits per heavy atom. The van der Waals surface area contributed by atoms with Crippen molar-refractivity contribution in [2.75, 3.05) is 26.4 Å². The van der Waals surface area contributed by atoms with E-state index in [0.29, 0.717) is 24.8 Å². The van der Waals surface area contributed by atoms with Crippen LogP contribution in [0.15, 0.2) is 30.7 Å². The van der Waals surface area contributed by atoms with Crippen LogP contribution in [0.5, 0.6) is 11.5 Å². The van der Waals surface area contributed by atoms with Gasteiger partial charge in [0.1, 0.15) is 0 Å². The number of aryl methyl sites for hydroxylation is 1. The number of benzene rings is 1. The molecule has 0 spiro atoms. The van der Waals surface area contributed by atoms with E-state index in [0.717, 1.165) is 30.5 Å². The maximum Gasteiger partial charge on any atom is 0.231 e. The number of hydrogen-bond donors (Lipinski definition) is 0. The molecule has 5 aliphatic rings. The van der Waals surface area contributed by atoms with Crippen molar-refractivity contribution in [1.82, 2.24) is 19.4 Å². The van der Waals surface area contributed by atoms with Gasteiger partial charge < -0.3 is 14.0 Å². The van der Waals surface area contributed by atoms with Crippen molar-refractivity contribution >= 4 is 0 Å². The molecule has 0 amide bonds. The Kier molecular flexibility index (Phi) is 3.53. The molecule has 6 heteroatoms. The first-order valence-corrected chi connectivity index (χ1v) is 10.1. The van der Waals surface area contributed by atoms with Crippen molar-refractivity contribution in [1.29, 1.82) is 0 Å². The molecule has 0 saturated carbocycles. The van der Waals surface area contributed by atoms with Gasteiger partial charge in [0.05, 0.1) is 12.0 Å². The predicted octanol–water partition coefficient (Wildman–Crippen LogP) is 2.21. The van der Waals surface area contributed by atoms with Crippen molar-refractivity contribution in [2.24, 2.45) is 13.0 Å². The predicted molar refractivity (Wildman–Crippen MR) is 101 cm³/mol. The molecule has 1 aromatic carbocycles. The number of piperidine rings is 3. The highest BCUT2D eigenvalue weighted by molar-refractivity contribution is 5.46. The monoisotopic (exact) mass is 366 g/mol. The number of hydrogen-bond acceptors (Lipinski definition) is 5. The maximum atomic E-state index is 5.66. The molecule has 142 valence electrons. The third-order valence-electron chi connectivity index (χ3n) is 7.20. The highest BCUT2D eigenvalue weighted by atomic mass is 16.7. The van der Waals surface area contributed by atoms with Gasteiger partial charge in [-0.15, -0.1) is 0 Å². The fourth-order valence-corrected chi connectivity index (χ4v) is 5.90. The van der Waals surface area contributed by atoms with E-state index in [1.165, 1.54) is 37.2 Å². The second kappa shape index (κ2) is 5.97. The summed E-state index contributed by atoms with van der Waals surface area (Å²) in [6.07, 6.45) is 6.62. The SMILES string of the molecule is Cn1cncc1CN1C[C@H](c2ccc3c(c2)OCO3)[C@H]2[C@@H]1C1CCN2CC1. The van der Waals surface area contributed by atoms with Gasteiger partial charge in [-0.2, -0.15) is 0 Å². The van der Waals surface area contributed by atoms with Gasteiger partial charge in [0.2, 0.25) is 6.79 Å². The Morgan fingerprint density at radius 2 is 1.96 bits per heavy atom. The Balaban J connectivity index is 1.36. The molecule has 0 aliphatic carbocycles. The summed E-state index contributed by atoms with van der Waals surface area (Å²) >= 11 is 0. The van der Waals surface area contributed by atoms with E-state index in [-0.39, 0.29) is 0 Å². The largest absolute Gasteiger partial charge is 0.454 e. The number of nitrogens with zero attached hydrogens (tertiary/aromatic N) is 4. The molecule has 0 radical (unpaired) electrons. The first kappa shape index (κ1) is 16.0. The highest BCUT2D eigenvalue weighted by Gasteiger charge is 2.53. The number of fused-ring (bicyclic) bond motifs is 3. The zero-order valence-electron chi connectivity index (χ0n) is 15.8. The molecule has 3 atom stereocenters. The van der Waals surface area contributed by atoms with Gasteiger partial charge in [-0.1, -0.05) is 6.07 Å². The van der Waals surface area contributed by atoms with Crippen LogP contribution in [0.3, 0.4) is 0 Å². The van der Waals surface area contributed by atoms with Crippen LogP contribution in [0.2, 0.25) is 0 Å². The molecule has 4 fully saturated rings. The van der Waals surface area contributed by atoms with Gasteiger partial charge in [-0.05, 0) is 49.5 Å². The smallest absolute Gasteiger partial charge is 0.231 e. The van der Waals surface area contributed by atoms with E-state index < -0.39 is 0 Å². The van der Waals surface area contributed by atoms with Crippen LogP contribution in [0, 0.1) is 5.92 Å². The second-order valence-electron chi connectivity index (χ2n) is 8.50. The molecule has 6 heterocycles. The van der Waals surface area contributed by atoms with E-state index in [4.69, 9.17) is 9.47 Å². The lowest BCUT2D eigenvalue weighted by molar-refractivity contribution is -0.00917. The number of likely N-dealkylation sites (tertiary alicyclic amines) is 1. The summed E-state index contributed by atoms with van der Waals surface area (Å²) in [6, 6.07) is 7.84. The molecule has 1 aromatic heterocycles. The van der Waals surface area contributed by atoms with Gasteiger partial charge in [0, 0.05) is 44.3 Å². The first-order chi connectivity index (χ1) is 13.3. The number of rotatable bonds is 3.